The molecule has 0 saturated carbocycles. The van der Waals surface area contributed by atoms with Gasteiger partial charge in [0.1, 0.15) is 11.4 Å². The predicted molar refractivity (Wildman–Crippen MR) is 141 cm³/mol. The molecule has 5 rings (SSSR count). The lowest BCUT2D eigenvalue weighted by Gasteiger charge is -2.43. The minimum atomic E-state index is 0.163. The quantitative estimate of drug-likeness (QED) is 0.291. The second kappa shape index (κ2) is 10.5. The Morgan fingerprint density at radius 1 is 1.11 bits per heavy atom. The lowest BCUT2D eigenvalue weighted by molar-refractivity contribution is 0.0515. The third kappa shape index (κ3) is 4.90. The molecule has 0 amide bonds. The third-order valence-corrected chi connectivity index (χ3v) is 6.72. The van der Waals surface area contributed by atoms with E-state index in [1.165, 1.54) is 5.69 Å². The molecule has 2 atom stereocenters. The number of nitrogens with zero attached hydrogens (tertiary/aromatic N) is 5. The van der Waals surface area contributed by atoms with Crippen LogP contribution in [0.2, 0.25) is 0 Å². The number of piperazine rings is 1. The summed E-state index contributed by atoms with van der Waals surface area (Å²) in [5, 5.41) is 9.30. The van der Waals surface area contributed by atoms with E-state index in [-0.39, 0.29) is 6.79 Å². The Morgan fingerprint density at radius 3 is 2.69 bits per heavy atom. The smallest absolute Gasteiger partial charge is 0.188 e. The molecule has 9 heteroatoms. The predicted octanol–water partition coefficient (Wildman–Crippen LogP) is 3.71. The molecule has 2 bridgehead atoms. The minimum Gasteiger partial charge on any atom is -0.467 e. The summed E-state index contributed by atoms with van der Waals surface area (Å²) in [7, 11) is 1.60. The van der Waals surface area contributed by atoms with Crippen LogP contribution in [0.5, 0.6) is 5.75 Å². The van der Waals surface area contributed by atoms with Crippen LogP contribution in [-0.2, 0) is 4.74 Å². The molecule has 2 aliphatic heterocycles. The Hall–Kier alpha value is -3.35. The van der Waals surface area contributed by atoms with Gasteiger partial charge in [0.05, 0.1) is 16.7 Å². The number of anilines is 3. The van der Waals surface area contributed by atoms with Gasteiger partial charge in [0.15, 0.2) is 12.6 Å². The first-order valence-corrected chi connectivity index (χ1v) is 12.7. The number of methoxy groups -OCH3 is 1. The number of nitrogen functional groups attached to an aromatic ring is 1. The Balaban J connectivity index is 1.40. The van der Waals surface area contributed by atoms with E-state index in [0.717, 1.165) is 48.6 Å². The summed E-state index contributed by atoms with van der Waals surface area (Å²) in [6, 6.07) is 14.7. The lowest BCUT2D eigenvalue weighted by atomic mass is 10.1. The van der Waals surface area contributed by atoms with E-state index in [1.54, 1.807) is 7.11 Å². The summed E-state index contributed by atoms with van der Waals surface area (Å²) < 4.78 is 10.8. The fourth-order valence-electron chi connectivity index (χ4n) is 5.00. The standard InChI is InChI=1S/C26H27BrN6O2/c1-34-17-35-25-7-3-2-6-22(25)23-14-24(26(28)31-30-23)32-15-20-8-9-21(16-32)33(20)19-10-12-29-18(13-19)5-4-11-27/h2-3,6-7,10,12-14,20-21H,8-9,11,15-17H2,1H3,(H2,28,31). The van der Waals surface area contributed by atoms with Crippen LogP contribution < -0.4 is 20.3 Å². The maximum absolute atomic E-state index is 6.33. The number of hydrogen-bond donors (Lipinski definition) is 1. The van der Waals surface area contributed by atoms with Gasteiger partial charge in [-0.2, -0.15) is 0 Å². The minimum absolute atomic E-state index is 0.163. The first-order valence-electron chi connectivity index (χ1n) is 11.6. The number of hydrogen-bond acceptors (Lipinski definition) is 8. The van der Waals surface area contributed by atoms with Gasteiger partial charge in [-0.1, -0.05) is 34.0 Å². The van der Waals surface area contributed by atoms with Gasteiger partial charge >= 0.3 is 0 Å². The number of aromatic nitrogens is 3. The van der Waals surface area contributed by atoms with Gasteiger partial charge in [0.2, 0.25) is 0 Å². The van der Waals surface area contributed by atoms with Crippen LogP contribution in [0.4, 0.5) is 17.2 Å². The van der Waals surface area contributed by atoms with Gasteiger partial charge in [0.25, 0.3) is 0 Å². The summed E-state index contributed by atoms with van der Waals surface area (Å²) in [5.41, 5.74) is 10.8. The molecule has 2 unspecified atom stereocenters. The SMILES string of the molecule is COCOc1ccccc1-c1cc(N2CC3CCC(C2)N3c2ccnc(C#CCBr)c2)c(N)nn1. The van der Waals surface area contributed by atoms with E-state index < -0.39 is 0 Å². The van der Waals surface area contributed by atoms with Gasteiger partial charge in [-0.3, -0.25) is 0 Å². The summed E-state index contributed by atoms with van der Waals surface area (Å²) in [4.78, 5) is 9.27. The largest absolute Gasteiger partial charge is 0.467 e. The highest BCUT2D eigenvalue weighted by molar-refractivity contribution is 9.09. The zero-order valence-electron chi connectivity index (χ0n) is 19.5. The second-order valence-electron chi connectivity index (χ2n) is 8.58. The zero-order chi connectivity index (χ0) is 24.2. The van der Waals surface area contributed by atoms with E-state index in [4.69, 9.17) is 15.2 Å². The fourth-order valence-corrected chi connectivity index (χ4v) is 5.14. The Kier molecular flexibility index (Phi) is 7.02. The van der Waals surface area contributed by atoms with Gasteiger partial charge < -0.3 is 25.0 Å². The summed E-state index contributed by atoms with van der Waals surface area (Å²) in [5.74, 6) is 7.28. The van der Waals surface area contributed by atoms with Crippen molar-refractivity contribution in [3.8, 4) is 28.8 Å². The van der Waals surface area contributed by atoms with Gasteiger partial charge in [-0.05, 0) is 49.1 Å². The molecule has 0 radical (unpaired) electrons. The van der Waals surface area contributed by atoms with Crippen LogP contribution in [0.25, 0.3) is 11.3 Å². The van der Waals surface area contributed by atoms with Crippen molar-refractivity contribution in [3.05, 3.63) is 54.4 Å². The van der Waals surface area contributed by atoms with Crippen molar-refractivity contribution in [2.24, 2.45) is 0 Å². The molecule has 3 aromatic rings. The maximum atomic E-state index is 6.33. The maximum Gasteiger partial charge on any atom is 0.188 e. The summed E-state index contributed by atoms with van der Waals surface area (Å²) in [6.07, 6.45) is 4.11. The van der Waals surface area contributed by atoms with Crippen molar-refractivity contribution in [2.75, 3.05) is 47.9 Å². The number of alkyl halides is 1. The number of nitrogens with two attached hydrogens (primary N) is 1. The highest BCUT2D eigenvalue weighted by Crippen LogP contribution is 2.39. The van der Waals surface area contributed by atoms with Gasteiger partial charge in [-0.15, -0.1) is 10.2 Å². The van der Waals surface area contributed by atoms with Crippen LogP contribution in [0.1, 0.15) is 18.5 Å². The molecule has 2 aromatic heterocycles. The molecule has 2 aliphatic rings. The highest BCUT2D eigenvalue weighted by Gasteiger charge is 2.40. The Bertz CT molecular complexity index is 1250. The Morgan fingerprint density at radius 2 is 1.91 bits per heavy atom. The number of ether oxygens (including phenoxy) is 2. The van der Waals surface area contributed by atoms with E-state index in [1.807, 2.05) is 36.5 Å². The number of benzene rings is 1. The third-order valence-electron chi connectivity index (χ3n) is 6.44. The summed E-state index contributed by atoms with van der Waals surface area (Å²) >= 11 is 3.35. The molecule has 2 fully saturated rings. The molecule has 0 spiro atoms. The fraction of sp³-hybridized carbons (Fsp3) is 0.346. The summed E-state index contributed by atoms with van der Waals surface area (Å²) in [6.45, 7) is 1.88. The highest BCUT2D eigenvalue weighted by atomic mass is 79.9. The van der Waals surface area contributed by atoms with Crippen molar-refractivity contribution in [3.63, 3.8) is 0 Å². The molecule has 0 aliphatic carbocycles. The van der Waals surface area contributed by atoms with Gasteiger partial charge in [0, 0.05) is 49.7 Å². The molecule has 4 heterocycles. The first kappa shape index (κ1) is 23.4. The molecule has 1 aromatic carbocycles. The van der Waals surface area contributed by atoms with E-state index in [0.29, 0.717) is 29.0 Å². The average molecular weight is 535 g/mol. The van der Waals surface area contributed by atoms with Crippen molar-refractivity contribution in [2.45, 2.75) is 24.9 Å². The van der Waals surface area contributed by atoms with Crippen LogP contribution in [0, 0.1) is 11.8 Å². The Labute approximate surface area is 213 Å². The topological polar surface area (TPSA) is 89.6 Å². The number of pyridine rings is 1. The lowest BCUT2D eigenvalue weighted by Crippen LogP contribution is -2.54. The number of halogens is 1. The van der Waals surface area contributed by atoms with Crippen LogP contribution >= 0.6 is 15.9 Å². The van der Waals surface area contributed by atoms with Crippen LogP contribution in [0.15, 0.2) is 48.7 Å². The number of fused-ring (bicyclic) bond motifs is 2. The normalized spacial score (nSPS) is 18.8. The zero-order valence-corrected chi connectivity index (χ0v) is 21.1. The molecule has 35 heavy (non-hydrogen) atoms. The van der Waals surface area contributed by atoms with Crippen LogP contribution in [-0.4, -0.2) is 59.6 Å². The molecule has 8 nitrogen and oxygen atoms in total. The van der Waals surface area contributed by atoms with Crippen molar-refractivity contribution in [1.82, 2.24) is 15.2 Å². The van der Waals surface area contributed by atoms with Crippen LogP contribution in [0.3, 0.4) is 0 Å². The molecular weight excluding hydrogens is 508 g/mol. The van der Waals surface area contributed by atoms with Crippen molar-refractivity contribution < 1.29 is 9.47 Å². The number of para-hydroxylation sites is 1. The van der Waals surface area contributed by atoms with Crippen molar-refractivity contribution >= 4 is 33.1 Å². The van der Waals surface area contributed by atoms with Crippen molar-refractivity contribution in [1.29, 1.82) is 0 Å². The second-order valence-corrected chi connectivity index (χ2v) is 9.14. The van der Waals surface area contributed by atoms with Gasteiger partial charge in [-0.25, -0.2) is 4.98 Å². The molecule has 2 N–H and O–H groups in total. The monoisotopic (exact) mass is 534 g/mol. The molecule has 2 saturated heterocycles. The van der Waals surface area contributed by atoms with E-state index in [9.17, 15) is 0 Å². The first-order chi connectivity index (χ1) is 17.2. The number of rotatable bonds is 6. The van der Waals surface area contributed by atoms with E-state index in [2.05, 4.69) is 64.9 Å². The molecule has 180 valence electrons. The molecular formula is C26H27BrN6O2. The van der Waals surface area contributed by atoms with E-state index >= 15 is 0 Å². The average Bonchev–Trinajstić information content (AvgIpc) is 3.16.